The molecular formula is C21H18O4. The Morgan fingerprint density at radius 1 is 0.760 bits per heavy atom. The molecule has 0 fully saturated rings. The van der Waals surface area contributed by atoms with Crippen molar-refractivity contribution in [2.24, 2.45) is 5.92 Å². The van der Waals surface area contributed by atoms with Gasteiger partial charge in [0.1, 0.15) is 0 Å². The molecule has 0 aliphatic carbocycles. The zero-order valence-corrected chi connectivity index (χ0v) is 13.5. The SMILES string of the molecule is O=C(O)C(C(=O)O)C(Cc1cccc2ccccc12)c1ccccc1. The van der Waals surface area contributed by atoms with Crippen molar-refractivity contribution in [3.8, 4) is 0 Å². The Hall–Kier alpha value is -3.14. The minimum absolute atomic E-state index is 0.342. The van der Waals surface area contributed by atoms with Crippen LogP contribution in [0.3, 0.4) is 0 Å². The van der Waals surface area contributed by atoms with E-state index in [1.807, 2.05) is 48.5 Å². The lowest BCUT2D eigenvalue weighted by atomic mass is 9.80. The first-order chi connectivity index (χ1) is 12.1. The Bertz CT molecular complexity index is 883. The zero-order valence-electron chi connectivity index (χ0n) is 13.5. The maximum Gasteiger partial charge on any atom is 0.318 e. The van der Waals surface area contributed by atoms with Crippen LogP contribution in [0.15, 0.2) is 72.8 Å². The highest BCUT2D eigenvalue weighted by Crippen LogP contribution is 2.32. The molecule has 0 amide bonds. The lowest BCUT2D eigenvalue weighted by molar-refractivity contribution is -0.155. The minimum Gasteiger partial charge on any atom is -0.481 e. The van der Waals surface area contributed by atoms with Gasteiger partial charge in [0, 0.05) is 5.92 Å². The van der Waals surface area contributed by atoms with Gasteiger partial charge in [0.2, 0.25) is 0 Å². The molecule has 3 aromatic carbocycles. The molecule has 0 bridgehead atoms. The number of hydrogen-bond donors (Lipinski definition) is 2. The van der Waals surface area contributed by atoms with Crippen molar-refractivity contribution in [2.75, 3.05) is 0 Å². The highest BCUT2D eigenvalue weighted by Gasteiger charge is 2.36. The Labute approximate surface area is 145 Å². The Kier molecular flexibility index (Phi) is 4.80. The van der Waals surface area contributed by atoms with E-state index in [4.69, 9.17) is 0 Å². The van der Waals surface area contributed by atoms with Crippen molar-refractivity contribution in [1.29, 1.82) is 0 Å². The predicted octanol–water partition coefficient (Wildman–Crippen LogP) is 3.95. The number of carboxylic acids is 2. The molecule has 0 saturated carbocycles. The van der Waals surface area contributed by atoms with Crippen LogP contribution in [0.4, 0.5) is 0 Å². The molecule has 0 radical (unpaired) electrons. The number of carboxylic acid groups (broad SMARTS) is 2. The summed E-state index contributed by atoms with van der Waals surface area (Å²) in [7, 11) is 0. The molecule has 1 atom stereocenters. The number of carbonyl (C=O) groups is 2. The summed E-state index contributed by atoms with van der Waals surface area (Å²) in [4.78, 5) is 23.3. The monoisotopic (exact) mass is 334 g/mol. The second-order valence-corrected chi connectivity index (χ2v) is 6.01. The van der Waals surface area contributed by atoms with Crippen LogP contribution >= 0.6 is 0 Å². The van der Waals surface area contributed by atoms with Crippen molar-refractivity contribution in [1.82, 2.24) is 0 Å². The molecule has 0 spiro atoms. The molecule has 25 heavy (non-hydrogen) atoms. The normalized spacial score (nSPS) is 12.2. The van der Waals surface area contributed by atoms with Crippen molar-refractivity contribution in [3.63, 3.8) is 0 Å². The predicted molar refractivity (Wildman–Crippen MR) is 95.6 cm³/mol. The van der Waals surface area contributed by atoms with Gasteiger partial charge in [-0.2, -0.15) is 0 Å². The van der Waals surface area contributed by atoms with Crippen molar-refractivity contribution in [3.05, 3.63) is 83.9 Å². The van der Waals surface area contributed by atoms with E-state index in [0.717, 1.165) is 16.3 Å². The van der Waals surface area contributed by atoms with E-state index >= 15 is 0 Å². The highest BCUT2D eigenvalue weighted by atomic mass is 16.4. The fraction of sp³-hybridized carbons (Fsp3) is 0.143. The summed E-state index contributed by atoms with van der Waals surface area (Å²) in [6, 6.07) is 22.7. The van der Waals surface area contributed by atoms with Crippen LogP contribution in [0.1, 0.15) is 17.0 Å². The quantitative estimate of drug-likeness (QED) is 0.669. The van der Waals surface area contributed by atoms with E-state index in [9.17, 15) is 19.8 Å². The standard InChI is InChI=1S/C21H18O4/c22-20(23)19(21(24)25)18(15-7-2-1-3-8-15)13-16-11-6-10-14-9-4-5-12-17(14)16/h1-12,18-19H,13H2,(H,22,23)(H,24,25). The molecular weight excluding hydrogens is 316 g/mol. The summed E-state index contributed by atoms with van der Waals surface area (Å²) in [6.45, 7) is 0. The smallest absolute Gasteiger partial charge is 0.318 e. The number of rotatable bonds is 6. The summed E-state index contributed by atoms with van der Waals surface area (Å²) in [5, 5.41) is 21.0. The zero-order chi connectivity index (χ0) is 17.8. The fourth-order valence-corrected chi connectivity index (χ4v) is 3.29. The van der Waals surface area contributed by atoms with Gasteiger partial charge in [0.25, 0.3) is 0 Å². The first-order valence-electron chi connectivity index (χ1n) is 8.05. The van der Waals surface area contributed by atoms with Crippen molar-refractivity contribution >= 4 is 22.7 Å². The fourth-order valence-electron chi connectivity index (χ4n) is 3.29. The van der Waals surface area contributed by atoms with Gasteiger partial charge < -0.3 is 10.2 Å². The second-order valence-electron chi connectivity index (χ2n) is 6.01. The van der Waals surface area contributed by atoms with Crippen LogP contribution in [-0.2, 0) is 16.0 Å². The van der Waals surface area contributed by atoms with Crippen LogP contribution in [0, 0.1) is 5.92 Å². The van der Waals surface area contributed by atoms with Gasteiger partial charge in [-0.15, -0.1) is 0 Å². The largest absolute Gasteiger partial charge is 0.481 e. The molecule has 3 rings (SSSR count). The molecule has 0 saturated heterocycles. The van der Waals surface area contributed by atoms with E-state index in [0.29, 0.717) is 12.0 Å². The molecule has 1 unspecified atom stereocenters. The van der Waals surface area contributed by atoms with Gasteiger partial charge in [0.05, 0.1) is 0 Å². The maximum atomic E-state index is 11.6. The van der Waals surface area contributed by atoms with Crippen LogP contribution in [0.25, 0.3) is 10.8 Å². The number of aliphatic carboxylic acids is 2. The Morgan fingerprint density at radius 2 is 1.36 bits per heavy atom. The van der Waals surface area contributed by atoms with Crippen molar-refractivity contribution < 1.29 is 19.8 Å². The van der Waals surface area contributed by atoms with Gasteiger partial charge in [-0.1, -0.05) is 72.8 Å². The first kappa shape index (κ1) is 16.7. The van der Waals surface area contributed by atoms with Gasteiger partial charge in [-0.05, 0) is 28.3 Å². The first-order valence-corrected chi connectivity index (χ1v) is 8.05. The van der Waals surface area contributed by atoms with Crippen LogP contribution in [-0.4, -0.2) is 22.2 Å². The summed E-state index contributed by atoms with van der Waals surface area (Å²) in [6.07, 6.45) is 0.342. The summed E-state index contributed by atoms with van der Waals surface area (Å²) >= 11 is 0. The van der Waals surface area contributed by atoms with Gasteiger partial charge >= 0.3 is 11.9 Å². The molecule has 0 heterocycles. The molecule has 0 aromatic heterocycles. The Balaban J connectivity index is 2.08. The molecule has 3 aromatic rings. The number of fused-ring (bicyclic) bond motifs is 1. The third kappa shape index (κ3) is 3.53. The third-order valence-electron chi connectivity index (χ3n) is 4.48. The number of benzene rings is 3. The van der Waals surface area contributed by atoms with Gasteiger partial charge in [0.15, 0.2) is 5.92 Å². The molecule has 2 N–H and O–H groups in total. The summed E-state index contributed by atoms with van der Waals surface area (Å²) in [5.41, 5.74) is 1.66. The van der Waals surface area contributed by atoms with E-state index in [1.165, 1.54) is 0 Å². The van der Waals surface area contributed by atoms with Crippen LogP contribution in [0.5, 0.6) is 0 Å². The maximum absolute atomic E-state index is 11.6. The van der Waals surface area contributed by atoms with Gasteiger partial charge in [-0.3, -0.25) is 9.59 Å². The lowest BCUT2D eigenvalue weighted by Crippen LogP contribution is -2.31. The van der Waals surface area contributed by atoms with Crippen LogP contribution < -0.4 is 0 Å². The lowest BCUT2D eigenvalue weighted by Gasteiger charge is -2.22. The summed E-state index contributed by atoms with van der Waals surface area (Å²) in [5.74, 6) is -4.79. The molecule has 4 heteroatoms. The van der Waals surface area contributed by atoms with Crippen molar-refractivity contribution in [2.45, 2.75) is 12.3 Å². The van der Waals surface area contributed by atoms with E-state index in [-0.39, 0.29) is 0 Å². The molecule has 126 valence electrons. The third-order valence-corrected chi connectivity index (χ3v) is 4.48. The van der Waals surface area contributed by atoms with E-state index in [1.54, 1.807) is 24.3 Å². The van der Waals surface area contributed by atoms with E-state index < -0.39 is 23.8 Å². The number of hydrogen-bond acceptors (Lipinski definition) is 2. The minimum atomic E-state index is -1.50. The average Bonchev–Trinajstić information content (AvgIpc) is 2.61. The molecule has 0 aliphatic rings. The summed E-state index contributed by atoms with van der Waals surface area (Å²) < 4.78 is 0. The molecule has 4 nitrogen and oxygen atoms in total. The average molecular weight is 334 g/mol. The topological polar surface area (TPSA) is 74.6 Å². The van der Waals surface area contributed by atoms with E-state index in [2.05, 4.69) is 0 Å². The highest BCUT2D eigenvalue weighted by molar-refractivity contribution is 5.94. The second kappa shape index (κ2) is 7.18. The molecule has 0 aliphatic heterocycles. The Morgan fingerprint density at radius 3 is 2.04 bits per heavy atom. The van der Waals surface area contributed by atoms with Gasteiger partial charge in [-0.25, -0.2) is 0 Å². The van der Waals surface area contributed by atoms with Crippen LogP contribution in [0.2, 0.25) is 0 Å².